The summed E-state index contributed by atoms with van der Waals surface area (Å²) in [5.41, 5.74) is 2.45. The van der Waals surface area contributed by atoms with Gasteiger partial charge in [-0.05, 0) is 34.5 Å². The second-order valence-electron chi connectivity index (χ2n) is 5.34. The molecule has 0 saturated heterocycles. The van der Waals surface area contributed by atoms with Crippen LogP contribution >= 0.6 is 11.8 Å². The quantitative estimate of drug-likeness (QED) is 0.619. The van der Waals surface area contributed by atoms with Crippen molar-refractivity contribution in [2.24, 2.45) is 0 Å². The number of hydrogen-bond acceptors (Lipinski definition) is 3. The van der Waals surface area contributed by atoms with E-state index in [2.05, 4.69) is 72.8 Å². The first-order valence-electron chi connectivity index (χ1n) is 7.79. The van der Waals surface area contributed by atoms with Gasteiger partial charge in [-0.2, -0.15) is 0 Å². The van der Waals surface area contributed by atoms with Gasteiger partial charge < -0.3 is 8.85 Å². The Kier molecular flexibility index (Phi) is 5.88. The van der Waals surface area contributed by atoms with Crippen LogP contribution in [-0.2, 0) is 8.85 Å². The Morgan fingerprint density at radius 2 is 1.33 bits per heavy atom. The van der Waals surface area contributed by atoms with Crippen LogP contribution in [0.25, 0.3) is 11.1 Å². The van der Waals surface area contributed by atoms with E-state index in [1.165, 1.54) is 20.9 Å². The Hall–Kier alpha value is -1.85. The van der Waals surface area contributed by atoms with Crippen LogP contribution in [0.15, 0.2) is 88.7 Å². The van der Waals surface area contributed by atoms with Gasteiger partial charge in [0.25, 0.3) is 0 Å². The van der Waals surface area contributed by atoms with Crippen LogP contribution in [0, 0.1) is 0 Å². The molecule has 3 aromatic carbocycles. The van der Waals surface area contributed by atoms with Gasteiger partial charge in [0, 0.05) is 24.0 Å². The molecule has 0 aliphatic rings. The predicted octanol–water partition coefficient (Wildman–Crippen LogP) is 4.23. The number of hydrogen-bond donors (Lipinski definition) is 0. The van der Waals surface area contributed by atoms with Crippen molar-refractivity contribution in [3.63, 3.8) is 0 Å². The summed E-state index contributed by atoms with van der Waals surface area (Å²) in [4.78, 5) is 2.50. The zero-order chi connectivity index (χ0) is 16.8. The molecule has 0 atom stereocenters. The summed E-state index contributed by atoms with van der Waals surface area (Å²) in [6.07, 6.45) is 0. The molecule has 0 aliphatic heterocycles. The summed E-state index contributed by atoms with van der Waals surface area (Å²) in [6, 6.07) is 27.5. The Labute approximate surface area is 149 Å². The van der Waals surface area contributed by atoms with E-state index in [1.54, 1.807) is 26.0 Å². The summed E-state index contributed by atoms with van der Waals surface area (Å²) in [5.74, 6) is 0. The topological polar surface area (TPSA) is 18.5 Å². The van der Waals surface area contributed by atoms with Crippen LogP contribution in [0.2, 0.25) is 0 Å². The number of benzene rings is 3. The van der Waals surface area contributed by atoms with Crippen molar-refractivity contribution in [3.8, 4) is 11.1 Å². The SMILES string of the molecule is CO[SiH](OC)c1ccc(-c2ccccc2Sc2ccccc2)cc1. The zero-order valence-electron chi connectivity index (χ0n) is 13.8. The molecule has 0 unspecified atom stereocenters. The van der Waals surface area contributed by atoms with Crippen LogP contribution in [0.5, 0.6) is 0 Å². The van der Waals surface area contributed by atoms with Gasteiger partial charge in [0.05, 0.1) is 0 Å². The molecule has 0 spiro atoms. The normalized spacial score (nSPS) is 11.0. The Morgan fingerprint density at radius 1 is 0.708 bits per heavy atom. The van der Waals surface area contributed by atoms with Crippen LogP contribution in [-0.4, -0.2) is 23.5 Å². The van der Waals surface area contributed by atoms with Crippen molar-refractivity contribution < 1.29 is 8.85 Å². The first-order valence-corrected chi connectivity index (χ1v) is 10.1. The van der Waals surface area contributed by atoms with E-state index in [4.69, 9.17) is 8.85 Å². The maximum Gasteiger partial charge on any atom is 0.355 e. The van der Waals surface area contributed by atoms with Crippen LogP contribution < -0.4 is 5.19 Å². The molecule has 0 fully saturated rings. The third-order valence-electron chi connectivity index (χ3n) is 3.78. The van der Waals surface area contributed by atoms with Crippen molar-refractivity contribution in [2.45, 2.75) is 9.79 Å². The van der Waals surface area contributed by atoms with Gasteiger partial charge in [0.15, 0.2) is 0 Å². The molecule has 24 heavy (non-hydrogen) atoms. The smallest absolute Gasteiger partial charge is 0.355 e. The minimum atomic E-state index is -1.74. The summed E-state index contributed by atoms with van der Waals surface area (Å²) >= 11 is 1.79. The predicted molar refractivity (Wildman–Crippen MR) is 103 cm³/mol. The van der Waals surface area contributed by atoms with Crippen molar-refractivity contribution in [1.29, 1.82) is 0 Å². The van der Waals surface area contributed by atoms with E-state index in [-0.39, 0.29) is 0 Å². The molecule has 4 heteroatoms. The molecular formula is C20H20O2SSi. The highest BCUT2D eigenvalue weighted by atomic mass is 32.2. The average Bonchev–Trinajstić information content (AvgIpc) is 2.65. The van der Waals surface area contributed by atoms with Crippen molar-refractivity contribution in [1.82, 2.24) is 0 Å². The van der Waals surface area contributed by atoms with Gasteiger partial charge in [0.2, 0.25) is 0 Å². The average molecular weight is 353 g/mol. The first-order chi connectivity index (χ1) is 11.8. The zero-order valence-corrected chi connectivity index (χ0v) is 15.8. The summed E-state index contributed by atoms with van der Waals surface area (Å²) < 4.78 is 10.9. The van der Waals surface area contributed by atoms with Gasteiger partial charge in [-0.25, -0.2) is 0 Å². The highest BCUT2D eigenvalue weighted by Gasteiger charge is 2.13. The monoisotopic (exact) mass is 352 g/mol. The van der Waals surface area contributed by atoms with E-state index in [1.807, 2.05) is 6.07 Å². The van der Waals surface area contributed by atoms with Crippen molar-refractivity contribution in [3.05, 3.63) is 78.9 Å². The summed E-state index contributed by atoms with van der Waals surface area (Å²) in [6.45, 7) is 0. The lowest BCUT2D eigenvalue weighted by Crippen LogP contribution is -2.34. The second-order valence-corrected chi connectivity index (χ2v) is 8.73. The maximum absolute atomic E-state index is 5.45. The lowest BCUT2D eigenvalue weighted by molar-refractivity contribution is 0.292. The molecule has 0 aromatic heterocycles. The Bertz CT molecular complexity index is 771. The fraction of sp³-hybridized carbons (Fsp3) is 0.100. The number of rotatable bonds is 6. The molecule has 0 N–H and O–H groups in total. The molecule has 2 nitrogen and oxygen atoms in total. The highest BCUT2D eigenvalue weighted by molar-refractivity contribution is 7.99. The molecule has 0 amide bonds. The standard InChI is InChI=1S/C20H20O2SSi/c1-21-24(22-2)18-14-12-16(13-15-18)19-10-6-7-11-20(19)23-17-8-4-3-5-9-17/h3-15,24H,1-2H3. The van der Waals surface area contributed by atoms with Crippen LogP contribution in [0.3, 0.4) is 0 Å². The first kappa shape index (κ1) is 17.0. The minimum Gasteiger partial charge on any atom is -0.397 e. The largest absolute Gasteiger partial charge is 0.397 e. The molecule has 3 aromatic rings. The molecule has 0 aliphatic carbocycles. The van der Waals surface area contributed by atoms with Crippen molar-refractivity contribution >= 4 is 26.2 Å². The van der Waals surface area contributed by atoms with E-state index in [0.717, 1.165) is 5.19 Å². The second kappa shape index (κ2) is 8.31. The van der Waals surface area contributed by atoms with Crippen molar-refractivity contribution in [2.75, 3.05) is 14.2 Å². The molecule has 0 radical (unpaired) electrons. The van der Waals surface area contributed by atoms with E-state index >= 15 is 0 Å². The van der Waals surface area contributed by atoms with E-state index in [0.29, 0.717) is 0 Å². The van der Waals surface area contributed by atoms with E-state index < -0.39 is 9.28 Å². The Balaban J connectivity index is 1.89. The van der Waals surface area contributed by atoms with Gasteiger partial charge in [-0.1, -0.05) is 72.4 Å². The fourth-order valence-corrected chi connectivity index (χ4v) is 4.83. The third-order valence-corrected chi connectivity index (χ3v) is 6.65. The molecule has 3 rings (SSSR count). The van der Waals surface area contributed by atoms with Gasteiger partial charge in [0.1, 0.15) is 0 Å². The lowest BCUT2D eigenvalue weighted by Gasteiger charge is -2.13. The van der Waals surface area contributed by atoms with Gasteiger partial charge >= 0.3 is 9.28 Å². The summed E-state index contributed by atoms with van der Waals surface area (Å²) in [7, 11) is 1.68. The van der Waals surface area contributed by atoms with Gasteiger partial charge in [-0.3, -0.25) is 0 Å². The third kappa shape index (κ3) is 3.97. The molecule has 122 valence electrons. The molecule has 0 saturated carbocycles. The fourth-order valence-electron chi connectivity index (χ4n) is 2.60. The van der Waals surface area contributed by atoms with E-state index in [9.17, 15) is 0 Å². The minimum absolute atomic E-state index is 1.15. The molecular weight excluding hydrogens is 332 g/mol. The maximum atomic E-state index is 5.45. The Morgan fingerprint density at radius 3 is 2.00 bits per heavy atom. The van der Waals surface area contributed by atoms with Gasteiger partial charge in [-0.15, -0.1) is 0 Å². The summed E-state index contributed by atoms with van der Waals surface area (Å²) in [5, 5.41) is 1.15. The molecule has 0 bridgehead atoms. The highest BCUT2D eigenvalue weighted by Crippen LogP contribution is 2.35. The molecule has 0 heterocycles. The van der Waals surface area contributed by atoms with Crippen LogP contribution in [0.1, 0.15) is 0 Å². The van der Waals surface area contributed by atoms with Crippen LogP contribution in [0.4, 0.5) is 0 Å². The lowest BCUT2D eigenvalue weighted by atomic mass is 10.1.